The Kier molecular flexibility index (Phi) is 7.01. The van der Waals surface area contributed by atoms with Gasteiger partial charge in [-0.05, 0) is 43.3 Å². The minimum Gasteiger partial charge on any atom is -0.454 e. The minimum absolute atomic E-state index is 0.0153. The first-order valence-corrected chi connectivity index (χ1v) is 10.5. The van der Waals surface area contributed by atoms with Gasteiger partial charge in [-0.25, -0.2) is 4.68 Å². The van der Waals surface area contributed by atoms with E-state index in [1.54, 1.807) is 69.3 Å². The standard InChI is InChI=1S/C24H26N4O5/c1-15(21(30)16-9-11-17(12-10-16)25-23(32)24(2,3)4)33-20(29)13-14-28-22(31)18-7-5-6-8-19(18)26-27-28/h5-12,15H,13-14H2,1-4H3,(H,25,32). The smallest absolute Gasteiger partial charge is 0.308 e. The third-order valence-corrected chi connectivity index (χ3v) is 4.94. The first-order chi connectivity index (χ1) is 15.6. The van der Waals surface area contributed by atoms with Crippen LogP contribution in [0.1, 0.15) is 44.5 Å². The van der Waals surface area contributed by atoms with Crippen LogP contribution in [0.4, 0.5) is 5.69 Å². The quantitative estimate of drug-likeness (QED) is 0.434. The molecule has 0 aliphatic carbocycles. The number of hydrogen-bond acceptors (Lipinski definition) is 7. The van der Waals surface area contributed by atoms with Gasteiger partial charge in [0.2, 0.25) is 11.7 Å². The van der Waals surface area contributed by atoms with Gasteiger partial charge in [-0.3, -0.25) is 19.2 Å². The van der Waals surface area contributed by atoms with Gasteiger partial charge in [0, 0.05) is 16.7 Å². The fraction of sp³-hybridized carbons (Fsp3) is 0.333. The number of fused-ring (bicyclic) bond motifs is 1. The van der Waals surface area contributed by atoms with E-state index in [1.807, 2.05) is 0 Å². The lowest BCUT2D eigenvalue weighted by atomic mass is 9.95. The Hall–Kier alpha value is -3.88. The highest BCUT2D eigenvalue weighted by atomic mass is 16.5. The number of hydrogen-bond donors (Lipinski definition) is 1. The van der Waals surface area contributed by atoms with Crippen LogP contribution in [-0.4, -0.2) is 38.8 Å². The number of aryl methyl sites for hydroxylation is 1. The maximum Gasteiger partial charge on any atom is 0.308 e. The fourth-order valence-corrected chi connectivity index (χ4v) is 2.95. The highest BCUT2D eigenvalue weighted by molar-refractivity contribution is 6.01. The van der Waals surface area contributed by atoms with E-state index in [0.717, 1.165) is 4.68 Å². The maximum atomic E-state index is 12.6. The molecule has 0 saturated heterocycles. The number of carbonyl (C=O) groups is 3. The Balaban J connectivity index is 1.56. The number of ketones is 1. The molecule has 0 radical (unpaired) electrons. The molecule has 0 bridgehead atoms. The maximum absolute atomic E-state index is 12.6. The van der Waals surface area contributed by atoms with Crippen molar-refractivity contribution in [2.24, 2.45) is 5.41 Å². The summed E-state index contributed by atoms with van der Waals surface area (Å²) >= 11 is 0. The van der Waals surface area contributed by atoms with Gasteiger partial charge in [0.1, 0.15) is 5.52 Å². The van der Waals surface area contributed by atoms with Crippen molar-refractivity contribution in [1.82, 2.24) is 15.0 Å². The molecule has 172 valence electrons. The van der Waals surface area contributed by atoms with Gasteiger partial charge in [0.25, 0.3) is 5.56 Å². The normalized spacial score (nSPS) is 12.2. The summed E-state index contributed by atoms with van der Waals surface area (Å²) in [4.78, 5) is 49.3. The summed E-state index contributed by atoms with van der Waals surface area (Å²) in [5, 5.41) is 11.0. The number of nitrogens with zero attached hydrogens (tertiary/aromatic N) is 3. The molecule has 1 aromatic heterocycles. The second-order valence-corrected chi connectivity index (χ2v) is 8.66. The second-order valence-electron chi connectivity index (χ2n) is 8.66. The topological polar surface area (TPSA) is 120 Å². The molecular weight excluding hydrogens is 424 g/mol. The number of carbonyl (C=O) groups excluding carboxylic acids is 3. The Morgan fingerprint density at radius 1 is 1.06 bits per heavy atom. The van der Waals surface area contributed by atoms with Crippen LogP contribution in [0.25, 0.3) is 10.9 Å². The average Bonchev–Trinajstić information content (AvgIpc) is 2.78. The van der Waals surface area contributed by atoms with Crippen molar-refractivity contribution >= 4 is 34.3 Å². The molecule has 1 atom stereocenters. The average molecular weight is 450 g/mol. The van der Waals surface area contributed by atoms with Gasteiger partial charge in [-0.2, -0.15) is 0 Å². The van der Waals surface area contributed by atoms with Crippen LogP contribution < -0.4 is 10.9 Å². The molecule has 9 nitrogen and oxygen atoms in total. The van der Waals surface area contributed by atoms with Crippen molar-refractivity contribution in [3.63, 3.8) is 0 Å². The van der Waals surface area contributed by atoms with Crippen LogP contribution in [0.2, 0.25) is 0 Å². The molecule has 1 heterocycles. The van der Waals surface area contributed by atoms with E-state index in [1.165, 1.54) is 6.92 Å². The van der Waals surface area contributed by atoms with Gasteiger partial charge in [-0.15, -0.1) is 5.10 Å². The molecule has 33 heavy (non-hydrogen) atoms. The number of aromatic nitrogens is 3. The summed E-state index contributed by atoms with van der Waals surface area (Å²) in [7, 11) is 0. The molecule has 0 spiro atoms. The van der Waals surface area contributed by atoms with Crippen LogP contribution in [0.5, 0.6) is 0 Å². The van der Waals surface area contributed by atoms with Gasteiger partial charge < -0.3 is 10.1 Å². The lowest BCUT2D eigenvalue weighted by molar-refractivity contribution is -0.146. The highest BCUT2D eigenvalue weighted by Gasteiger charge is 2.22. The third kappa shape index (κ3) is 5.88. The van der Waals surface area contributed by atoms with E-state index >= 15 is 0 Å². The minimum atomic E-state index is -1.01. The number of rotatable bonds is 7. The first kappa shape index (κ1) is 23.8. The Morgan fingerprint density at radius 2 is 1.73 bits per heavy atom. The summed E-state index contributed by atoms with van der Waals surface area (Å²) in [5.41, 5.74) is 0.500. The van der Waals surface area contributed by atoms with E-state index in [-0.39, 0.29) is 30.2 Å². The molecule has 2 aromatic carbocycles. The molecular formula is C24H26N4O5. The fourth-order valence-electron chi connectivity index (χ4n) is 2.95. The number of anilines is 1. The zero-order chi connectivity index (χ0) is 24.2. The molecule has 3 rings (SSSR count). The SMILES string of the molecule is CC(OC(=O)CCn1nnc2ccccc2c1=O)C(=O)c1ccc(NC(=O)C(C)(C)C)cc1. The number of Topliss-reactive ketones (excluding diaryl/α,β-unsaturated/α-hetero) is 1. The van der Waals surface area contributed by atoms with Crippen LogP contribution in [0, 0.1) is 5.41 Å². The Morgan fingerprint density at radius 3 is 2.39 bits per heavy atom. The van der Waals surface area contributed by atoms with E-state index < -0.39 is 17.5 Å². The van der Waals surface area contributed by atoms with E-state index in [9.17, 15) is 19.2 Å². The van der Waals surface area contributed by atoms with E-state index in [0.29, 0.717) is 22.2 Å². The summed E-state index contributed by atoms with van der Waals surface area (Å²) in [5.74, 6) is -1.15. The predicted molar refractivity (Wildman–Crippen MR) is 123 cm³/mol. The molecule has 0 aliphatic heterocycles. The number of amides is 1. The van der Waals surface area contributed by atoms with Crippen molar-refractivity contribution in [3.05, 3.63) is 64.4 Å². The molecule has 1 unspecified atom stereocenters. The summed E-state index contributed by atoms with van der Waals surface area (Å²) in [6.07, 6.45) is -1.14. The number of ether oxygens (including phenoxy) is 1. The van der Waals surface area contributed by atoms with Crippen molar-refractivity contribution < 1.29 is 19.1 Å². The lowest BCUT2D eigenvalue weighted by Crippen LogP contribution is -2.28. The van der Waals surface area contributed by atoms with Crippen LogP contribution >= 0.6 is 0 Å². The highest BCUT2D eigenvalue weighted by Crippen LogP contribution is 2.18. The second kappa shape index (κ2) is 9.72. The molecule has 1 N–H and O–H groups in total. The Labute approximate surface area is 190 Å². The largest absolute Gasteiger partial charge is 0.454 e. The number of nitrogens with one attached hydrogen (secondary N) is 1. The van der Waals surface area contributed by atoms with Gasteiger partial charge in [0.05, 0.1) is 18.4 Å². The van der Waals surface area contributed by atoms with Crippen molar-refractivity contribution in [1.29, 1.82) is 0 Å². The number of esters is 1. The zero-order valence-corrected chi connectivity index (χ0v) is 19.0. The summed E-state index contributed by atoms with van der Waals surface area (Å²) in [6, 6.07) is 13.2. The van der Waals surface area contributed by atoms with Crippen LogP contribution in [-0.2, 0) is 20.9 Å². The van der Waals surface area contributed by atoms with Crippen LogP contribution in [0.15, 0.2) is 53.3 Å². The van der Waals surface area contributed by atoms with Crippen LogP contribution in [0.3, 0.4) is 0 Å². The monoisotopic (exact) mass is 450 g/mol. The first-order valence-electron chi connectivity index (χ1n) is 10.5. The predicted octanol–water partition coefficient (Wildman–Crippen LogP) is 2.98. The van der Waals surface area contributed by atoms with E-state index in [4.69, 9.17) is 4.74 Å². The van der Waals surface area contributed by atoms with Crippen molar-refractivity contribution in [3.8, 4) is 0 Å². The van der Waals surface area contributed by atoms with Gasteiger partial charge in [0.15, 0.2) is 6.10 Å². The van der Waals surface area contributed by atoms with Gasteiger partial charge in [-0.1, -0.05) is 38.1 Å². The molecule has 9 heteroatoms. The molecule has 1 amide bonds. The third-order valence-electron chi connectivity index (χ3n) is 4.94. The van der Waals surface area contributed by atoms with Crippen molar-refractivity contribution in [2.45, 2.75) is 46.8 Å². The van der Waals surface area contributed by atoms with Gasteiger partial charge >= 0.3 is 5.97 Å². The van der Waals surface area contributed by atoms with E-state index in [2.05, 4.69) is 15.6 Å². The lowest BCUT2D eigenvalue weighted by Gasteiger charge is -2.18. The number of benzene rings is 2. The molecule has 0 fully saturated rings. The zero-order valence-electron chi connectivity index (χ0n) is 19.0. The molecule has 3 aromatic rings. The summed E-state index contributed by atoms with van der Waals surface area (Å²) in [6.45, 7) is 6.88. The molecule has 0 saturated carbocycles. The Bertz CT molecular complexity index is 1240. The van der Waals surface area contributed by atoms with Crippen molar-refractivity contribution in [2.75, 3.05) is 5.32 Å². The molecule has 0 aliphatic rings. The summed E-state index contributed by atoms with van der Waals surface area (Å²) < 4.78 is 6.33.